The van der Waals surface area contributed by atoms with Crippen molar-refractivity contribution in [1.29, 1.82) is 0 Å². The second-order valence-electron chi connectivity index (χ2n) is 5.68. The predicted molar refractivity (Wildman–Crippen MR) is 104 cm³/mol. The number of halogens is 1. The Labute approximate surface area is 157 Å². The van der Waals surface area contributed by atoms with Gasteiger partial charge in [0.25, 0.3) is 5.91 Å². The Hall–Kier alpha value is -2.92. The fourth-order valence-electron chi connectivity index (χ4n) is 2.52. The lowest BCUT2D eigenvalue weighted by Gasteiger charge is -2.10. The quantitative estimate of drug-likeness (QED) is 0.680. The molecule has 0 fully saturated rings. The highest BCUT2D eigenvalue weighted by Crippen LogP contribution is 2.19. The first kappa shape index (κ1) is 17.9. The van der Waals surface area contributed by atoms with Crippen LogP contribution in [0.5, 0.6) is 0 Å². The fraction of sp³-hybridized carbons (Fsp3) is 0.150. The molecule has 1 aromatic heterocycles. The monoisotopic (exact) mass is 366 g/mol. The smallest absolute Gasteiger partial charge is 0.270 e. The number of carbonyl (C=O) groups excluding carboxylic acids is 1. The molecule has 0 atom stereocenters. The van der Waals surface area contributed by atoms with Crippen LogP contribution in [0.3, 0.4) is 0 Å². The number of nitrogens with one attached hydrogen (secondary N) is 2. The van der Waals surface area contributed by atoms with E-state index < -0.39 is 0 Å². The number of benzene rings is 2. The third-order valence-corrected chi connectivity index (χ3v) is 4.30. The lowest BCUT2D eigenvalue weighted by Crippen LogP contribution is -2.24. The molecular formula is C20H19ClN4O. The van der Waals surface area contributed by atoms with E-state index in [2.05, 4.69) is 27.5 Å². The topological polar surface area (TPSA) is 66.9 Å². The van der Waals surface area contributed by atoms with Gasteiger partial charge in [0.1, 0.15) is 5.69 Å². The van der Waals surface area contributed by atoms with Gasteiger partial charge in [0.15, 0.2) is 0 Å². The molecule has 2 N–H and O–H groups in total. The van der Waals surface area contributed by atoms with E-state index in [4.69, 9.17) is 11.6 Å². The maximum absolute atomic E-state index is 12.4. The van der Waals surface area contributed by atoms with Crippen LogP contribution < -0.4 is 10.6 Å². The Bertz CT molecular complexity index is 914. The van der Waals surface area contributed by atoms with E-state index in [0.717, 1.165) is 23.2 Å². The number of rotatable bonds is 6. The summed E-state index contributed by atoms with van der Waals surface area (Å²) < 4.78 is 0. The number of aryl methyl sites for hydroxylation is 1. The zero-order valence-corrected chi connectivity index (χ0v) is 15.1. The molecule has 0 aliphatic heterocycles. The zero-order chi connectivity index (χ0) is 18.4. The molecule has 0 saturated heterocycles. The molecule has 0 saturated carbocycles. The van der Waals surface area contributed by atoms with E-state index in [1.165, 1.54) is 0 Å². The maximum Gasteiger partial charge on any atom is 0.270 e. The van der Waals surface area contributed by atoms with Crippen LogP contribution >= 0.6 is 11.6 Å². The number of hydrogen-bond acceptors (Lipinski definition) is 4. The number of anilines is 2. The summed E-state index contributed by atoms with van der Waals surface area (Å²) in [6.07, 6.45) is 2.45. The summed E-state index contributed by atoms with van der Waals surface area (Å²) in [5.41, 5.74) is 3.24. The number of carbonyl (C=O) groups is 1. The summed E-state index contributed by atoms with van der Waals surface area (Å²) in [6.45, 7) is 2.42. The van der Waals surface area contributed by atoms with E-state index in [1.54, 1.807) is 18.3 Å². The maximum atomic E-state index is 12.4. The van der Waals surface area contributed by atoms with Crippen molar-refractivity contribution >= 4 is 29.1 Å². The standard InChI is InChI=1S/C20H19ClN4O/c1-2-14-7-4-6-10-17(14)24-20-22-12-11-18(25-20)19(26)23-13-15-8-3-5-9-16(15)21/h3-12H,2,13H2,1H3,(H,23,26)(H,22,24,25). The Morgan fingerprint density at radius 3 is 2.54 bits per heavy atom. The number of para-hydroxylation sites is 1. The van der Waals surface area contributed by atoms with E-state index in [9.17, 15) is 4.79 Å². The molecule has 1 heterocycles. The molecule has 0 spiro atoms. The summed E-state index contributed by atoms with van der Waals surface area (Å²) in [5, 5.41) is 6.63. The summed E-state index contributed by atoms with van der Waals surface area (Å²) in [7, 11) is 0. The minimum atomic E-state index is -0.279. The predicted octanol–water partition coefficient (Wildman–Crippen LogP) is 4.37. The lowest BCUT2D eigenvalue weighted by atomic mass is 10.1. The van der Waals surface area contributed by atoms with Gasteiger partial charge in [0, 0.05) is 23.5 Å². The van der Waals surface area contributed by atoms with Crippen molar-refractivity contribution in [3.8, 4) is 0 Å². The molecule has 2 aromatic carbocycles. The van der Waals surface area contributed by atoms with Crippen molar-refractivity contribution in [2.75, 3.05) is 5.32 Å². The van der Waals surface area contributed by atoms with Crippen LogP contribution in [0.4, 0.5) is 11.6 Å². The van der Waals surface area contributed by atoms with Gasteiger partial charge in [-0.25, -0.2) is 9.97 Å². The van der Waals surface area contributed by atoms with Gasteiger partial charge < -0.3 is 10.6 Å². The lowest BCUT2D eigenvalue weighted by molar-refractivity contribution is 0.0946. The Morgan fingerprint density at radius 1 is 1.04 bits per heavy atom. The van der Waals surface area contributed by atoms with Crippen LogP contribution in [-0.4, -0.2) is 15.9 Å². The van der Waals surface area contributed by atoms with Gasteiger partial charge in [-0.2, -0.15) is 0 Å². The number of amides is 1. The van der Waals surface area contributed by atoms with Crippen molar-refractivity contribution in [1.82, 2.24) is 15.3 Å². The molecule has 1 amide bonds. The first-order valence-electron chi connectivity index (χ1n) is 8.37. The van der Waals surface area contributed by atoms with Crippen molar-refractivity contribution in [3.05, 3.63) is 82.6 Å². The molecule has 0 bridgehead atoms. The normalized spacial score (nSPS) is 10.4. The van der Waals surface area contributed by atoms with Crippen molar-refractivity contribution in [3.63, 3.8) is 0 Å². The van der Waals surface area contributed by atoms with Crippen LogP contribution in [0.2, 0.25) is 5.02 Å². The van der Waals surface area contributed by atoms with E-state index in [0.29, 0.717) is 23.2 Å². The molecule has 0 aliphatic carbocycles. The Kier molecular flexibility index (Phi) is 5.81. The van der Waals surface area contributed by atoms with Gasteiger partial charge in [-0.15, -0.1) is 0 Å². The zero-order valence-electron chi connectivity index (χ0n) is 14.4. The number of aromatic nitrogens is 2. The van der Waals surface area contributed by atoms with Gasteiger partial charge in [-0.1, -0.05) is 54.9 Å². The largest absolute Gasteiger partial charge is 0.347 e. The minimum absolute atomic E-state index is 0.279. The second-order valence-corrected chi connectivity index (χ2v) is 6.08. The van der Waals surface area contributed by atoms with Crippen molar-refractivity contribution in [2.24, 2.45) is 0 Å². The van der Waals surface area contributed by atoms with Crippen LogP contribution in [0.1, 0.15) is 28.5 Å². The molecule has 5 nitrogen and oxygen atoms in total. The van der Waals surface area contributed by atoms with Crippen molar-refractivity contribution < 1.29 is 4.79 Å². The average molecular weight is 367 g/mol. The van der Waals surface area contributed by atoms with Gasteiger partial charge in [-0.05, 0) is 35.7 Å². The molecule has 0 unspecified atom stereocenters. The third kappa shape index (κ3) is 4.37. The molecule has 132 valence electrons. The van der Waals surface area contributed by atoms with Crippen LogP contribution in [0.15, 0.2) is 60.8 Å². The van der Waals surface area contributed by atoms with Crippen LogP contribution in [0, 0.1) is 0 Å². The highest BCUT2D eigenvalue weighted by molar-refractivity contribution is 6.31. The van der Waals surface area contributed by atoms with Crippen molar-refractivity contribution in [2.45, 2.75) is 19.9 Å². The number of hydrogen-bond donors (Lipinski definition) is 2. The first-order chi connectivity index (χ1) is 12.7. The van der Waals surface area contributed by atoms with E-state index in [1.807, 2.05) is 42.5 Å². The Morgan fingerprint density at radius 2 is 1.77 bits per heavy atom. The molecule has 3 aromatic rings. The summed E-state index contributed by atoms with van der Waals surface area (Å²) >= 11 is 6.11. The van der Waals surface area contributed by atoms with E-state index in [-0.39, 0.29) is 5.91 Å². The highest BCUT2D eigenvalue weighted by Gasteiger charge is 2.10. The number of nitrogens with zero attached hydrogens (tertiary/aromatic N) is 2. The van der Waals surface area contributed by atoms with Gasteiger partial charge in [0.05, 0.1) is 0 Å². The molecule has 26 heavy (non-hydrogen) atoms. The third-order valence-electron chi connectivity index (χ3n) is 3.93. The summed E-state index contributed by atoms with van der Waals surface area (Å²) in [6, 6.07) is 16.9. The van der Waals surface area contributed by atoms with Gasteiger partial charge in [0.2, 0.25) is 5.95 Å². The highest BCUT2D eigenvalue weighted by atomic mass is 35.5. The Balaban J connectivity index is 1.70. The summed E-state index contributed by atoms with van der Waals surface area (Å²) in [4.78, 5) is 20.9. The summed E-state index contributed by atoms with van der Waals surface area (Å²) in [5.74, 6) is 0.107. The van der Waals surface area contributed by atoms with Crippen LogP contribution in [0.25, 0.3) is 0 Å². The SMILES string of the molecule is CCc1ccccc1Nc1nccc(C(=O)NCc2ccccc2Cl)n1. The minimum Gasteiger partial charge on any atom is -0.347 e. The average Bonchev–Trinajstić information content (AvgIpc) is 2.68. The fourth-order valence-corrected chi connectivity index (χ4v) is 2.73. The molecule has 3 rings (SSSR count). The van der Waals surface area contributed by atoms with Crippen LogP contribution in [-0.2, 0) is 13.0 Å². The molecule has 0 radical (unpaired) electrons. The van der Waals surface area contributed by atoms with Gasteiger partial charge >= 0.3 is 0 Å². The first-order valence-corrected chi connectivity index (χ1v) is 8.74. The molecule has 6 heteroatoms. The molecular weight excluding hydrogens is 348 g/mol. The van der Waals surface area contributed by atoms with E-state index >= 15 is 0 Å². The van der Waals surface area contributed by atoms with Gasteiger partial charge in [-0.3, -0.25) is 4.79 Å². The second kappa shape index (κ2) is 8.45. The molecule has 0 aliphatic rings.